The molecular weight excluding hydrogens is 402 g/mol. The number of halogens is 1. The van der Waals surface area contributed by atoms with Gasteiger partial charge >= 0.3 is 5.97 Å². The van der Waals surface area contributed by atoms with Crippen molar-refractivity contribution in [2.24, 2.45) is 5.10 Å². The summed E-state index contributed by atoms with van der Waals surface area (Å²) in [6.45, 7) is 2.10. The summed E-state index contributed by atoms with van der Waals surface area (Å²) < 4.78 is 5.32. The second kappa shape index (κ2) is 10.2. The highest BCUT2D eigenvalue weighted by atomic mass is 35.5. The van der Waals surface area contributed by atoms with E-state index in [1.165, 1.54) is 6.21 Å². The summed E-state index contributed by atoms with van der Waals surface area (Å²) in [6, 6.07) is 21.0. The summed E-state index contributed by atoms with van der Waals surface area (Å²) in [6.07, 6.45) is 1.51. The Kier molecular flexibility index (Phi) is 7.19. The zero-order chi connectivity index (χ0) is 21.3. The van der Waals surface area contributed by atoms with Crippen LogP contribution < -0.4 is 15.5 Å². The van der Waals surface area contributed by atoms with Gasteiger partial charge in [-0.05, 0) is 78.7 Å². The molecule has 6 nitrogen and oxygen atoms in total. The molecule has 0 aromatic heterocycles. The number of hydrogen-bond donors (Lipinski definition) is 2. The van der Waals surface area contributed by atoms with E-state index in [2.05, 4.69) is 15.8 Å². The maximum absolute atomic E-state index is 12.1. The number of nitrogens with zero attached hydrogens (tertiary/aromatic N) is 1. The van der Waals surface area contributed by atoms with E-state index in [9.17, 15) is 9.59 Å². The van der Waals surface area contributed by atoms with E-state index in [0.717, 1.165) is 16.8 Å². The Morgan fingerprint density at radius 3 is 2.47 bits per heavy atom. The molecule has 0 heterocycles. The maximum atomic E-state index is 12.1. The molecule has 0 aliphatic carbocycles. The number of nitrogens with one attached hydrogen (secondary N) is 2. The summed E-state index contributed by atoms with van der Waals surface area (Å²) in [5.74, 6) is -0.332. The van der Waals surface area contributed by atoms with E-state index in [0.29, 0.717) is 16.3 Å². The smallest absolute Gasteiger partial charge is 0.343 e. The lowest BCUT2D eigenvalue weighted by molar-refractivity contribution is -0.119. The van der Waals surface area contributed by atoms with Crippen molar-refractivity contribution in [3.63, 3.8) is 0 Å². The molecule has 1 amide bonds. The highest BCUT2D eigenvalue weighted by molar-refractivity contribution is 6.30. The molecule has 0 spiro atoms. The zero-order valence-corrected chi connectivity index (χ0v) is 17.0. The van der Waals surface area contributed by atoms with Crippen molar-refractivity contribution in [1.82, 2.24) is 5.43 Å². The molecule has 7 heteroatoms. The summed E-state index contributed by atoms with van der Waals surface area (Å²) in [5, 5.41) is 7.52. The fourth-order valence-electron chi connectivity index (χ4n) is 2.53. The molecule has 3 rings (SSSR count). The van der Waals surface area contributed by atoms with Crippen LogP contribution in [0.25, 0.3) is 0 Å². The molecule has 30 heavy (non-hydrogen) atoms. The third kappa shape index (κ3) is 6.46. The molecule has 0 saturated carbocycles. The molecule has 0 atom stereocenters. The van der Waals surface area contributed by atoms with E-state index in [1.54, 1.807) is 48.5 Å². The average molecular weight is 422 g/mol. The molecule has 0 fully saturated rings. The number of esters is 1. The Morgan fingerprint density at radius 2 is 1.77 bits per heavy atom. The zero-order valence-electron chi connectivity index (χ0n) is 16.3. The molecule has 0 aliphatic heterocycles. The molecule has 0 aliphatic rings. The standard InChI is InChI=1S/C23H20ClN3O3/c1-16-3-2-4-20(13-16)25-15-22(28)27-26-14-17-5-11-21(12-6-17)30-23(29)18-7-9-19(24)10-8-18/h2-14,25H,15H2,1H3,(H,27,28)/b26-14-. The highest BCUT2D eigenvalue weighted by Gasteiger charge is 2.08. The van der Waals surface area contributed by atoms with E-state index in [1.807, 2.05) is 31.2 Å². The van der Waals surface area contributed by atoms with Crippen molar-refractivity contribution < 1.29 is 14.3 Å². The number of benzene rings is 3. The molecule has 0 bridgehead atoms. The Hall–Kier alpha value is -3.64. The van der Waals surface area contributed by atoms with Crippen molar-refractivity contribution in [1.29, 1.82) is 0 Å². The van der Waals surface area contributed by atoms with Crippen LogP contribution in [0, 0.1) is 6.92 Å². The van der Waals surface area contributed by atoms with Crippen LogP contribution in [0.1, 0.15) is 21.5 Å². The Morgan fingerprint density at radius 1 is 1.03 bits per heavy atom. The topological polar surface area (TPSA) is 79.8 Å². The number of carbonyl (C=O) groups excluding carboxylic acids is 2. The van der Waals surface area contributed by atoms with Gasteiger partial charge in [-0.1, -0.05) is 23.7 Å². The van der Waals surface area contributed by atoms with Crippen LogP contribution in [-0.2, 0) is 4.79 Å². The monoisotopic (exact) mass is 421 g/mol. The van der Waals surface area contributed by atoms with Crippen molar-refractivity contribution in [3.05, 3.63) is 94.5 Å². The first-order chi connectivity index (χ1) is 14.5. The van der Waals surface area contributed by atoms with Crippen molar-refractivity contribution >= 4 is 35.4 Å². The first-order valence-corrected chi connectivity index (χ1v) is 9.58. The number of anilines is 1. The van der Waals surface area contributed by atoms with Gasteiger partial charge in [0.25, 0.3) is 5.91 Å². The van der Waals surface area contributed by atoms with Crippen LogP contribution in [0.2, 0.25) is 5.02 Å². The molecule has 0 radical (unpaired) electrons. The molecule has 0 saturated heterocycles. The quantitative estimate of drug-likeness (QED) is 0.256. The van der Waals surface area contributed by atoms with E-state index >= 15 is 0 Å². The minimum absolute atomic E-state index is 0.111. The van der Waals surface area contributed by atoms with Crippen LogP contribution in [0.5, 0.6) is 5.75 Å². The third-order valence-electron chi connectivity index (χ3n) is 4.04. The van der Waals surface area contributed by atoms with Gasteiger partial charge < -0.3 is 10.1 Å². The second-order valence-corrected chi connectivity index (χ2v) is 6.92. The number of hydrazone groups is 1. The molecule has 3 aromatic carbocycles. The Balaban J connectivity index is 1.46. The predicted molar refractivity (Wildman–Crippen MR) is 118 cm³/mol. The average Bonchev–Trinajstić information content (AvgIpc) is 2.74. The maximum Gasteiger partial charge on any atom is 0.343 e. The lowest BCUT2D eigenvalue weighted by Crippen LogP contribution is -2.25. The summed E-state index contributed by atoms with van der Waals surface area (Å²) >= 11 is 5.81. The fourth-order valence-corrected chi connectivity index (χ4v) is 2.66. The minimum Gasteiger partial charge on any atom is -0.423 e. The summed E-state index contributed by atoms with van der Waals surface area (Å²) in [4.78, 5) is 24.0. The first-order valence-electron chi connectivity index (χ1n) is 9.20. The minimum atomic E-state index is -0.471. The van der Waals surface area contributed by atoms with Gasteiger partial charge in [0.2, 0.25) is 0 Å². The first kappa shape index (κ1) is 21.1. The van der Waals surface area contributed by atoms with Crippen molar-refractivity contribution in [2.45, 2.75) is 6.92 Å². The number of hydrogen-bond acceptors (Lipinski definition) is 5. The van der Waals surface area contributed by atoms with Gasteiger partial charge in [-0.25, -0.2) is 10.2 Å². The van der Waals surface area contributed by atoms with Crippen molar-refractivity contribution in [3.8, 4) is 5.75 Å². The fraction of sp³-hybridized carbons (Fsp3) is 0.0870. The Labute approximate surface area is 179 Å². The summed E-state index contributed by atoms with van der Waals surface area (Å²) in [5.41, 5.74) is 5.60. The summed E-state index contributed by atoms with van der Waals surface area (Å²) in [7, 11) is 0. The van der Waals surface area contributed by atoms with Gasteiger partial charge in [0.15, 0.2) is 0 Å². The lowest BCUT2D eigenvalue weighted by atomic mass is 10.2. The van der Waals surface area contributed by atoms with E-state index in [-0.39, 0.29) is 12.5 Å². The van der Waals surface area contributed by atoms with Crippen LogP contribution in [0.15, 0.2) is 77.9 Å². The third-order valence-corrected chi connectivity index (χ3v) is 4.30. The number of aryl methyl sites for hydroxylation is 1. The number of rotatable bonds is 7. The van der Waals surface area contributed by atoms with Crippen LogP contribution in [-0.4, -0.2) is 24.6 Å². The molecule has 152 valence electrons. The molecular formula is C23H20ClN3O3. The van der Waals surface area contributed by atoms with Gasteiger partial charge in [-0.3, -0.25) is 4.79 Å². The van der Waals surface area contributed by atoms with Crippen LogP contribution >= 0.6 is 11.6 Å². The van der Waals surface area contributed by atoms with Gasteiger partial charge in [0, 0.05) is 10.7 Å². The number of carbonyl (C=O) groups is 2. The molecule has 0 unspecified atom stereocenters. The van der Waals surface area contributed by atoms with Crippen molar-refractivity contribution in [2.75, 3.05) is 11.9 Å². The lowest BCUT2D eigenvalue weighted by Gasteiger charge is -2.06. The molecule has 3 aromatic rings. The normalized spacial score (nSPS) is 10.6. The van der Waals surface area contributed by atoms with Crippen LogP contribution in [0.4, 0.5) is 5.69 Å². The second-order valence-electron chi connectivity index (χ2n) is 6.48. The predicted octanol–water partition coefficient (Wildman–Crippen LogP) is 4.43. The SMILES string of the molecule is Cc1cccc(NCC(=O)N/N=C\c2ccc(OC(=O)c3ccc(Cl)cc3)cc2)c1. The Bertz CT molecular complexity index is 1050. The van der Waals surface area contributed by atoms with Gasteiger partial charge in [0.1, 0.15) is 5.75 Å². The molecule has 2 N–H and O–H groups in total. The number of amides is 1. The number of ether oxygens (including phenoxy) is 1. The van der Waals surface area contributed by atoms with Gasteiger partial charge in [0.05, 0.1) is 18.3 Å². The van der Waals surface area contributed by atoms with E-state index < -0.39 is 5.97 Å². The highest BCUT2D eigenvalue weighted by Crippen LogP contribution is 2.15. The van der Waals surface area contributed by atoms with Gasteiger partial charge in [-0.2, -0.15) is 5.10 Å². The largest absolute Gasteiger partial charge is 0.423 e. The van der Waals surface area contributed by atoms with Gasteiger partial charge in [-0.15, -0.1) is 0 Å². The van der Waals surface area contributed by atoms with E-state index in [4.69, 9.17) is 16.3 Å². The van der Waals surface area contributed by atoms with Crippen LogP contribution in [0.3, 0.4) is 0 Å².